The molecule has 3 rings (SSSR count). The number of methoxy groups -OCH3 is 1. The van der Waals surface area contributed by atoms with Crippen molar-refractivity contribution in [2.45, 2.75) is 72.2 Å². The van der Waals surface area contributed by atoms with Crippen LogP contribution >= 0.6 is 11.6 Å². The van der Waals surface area contributed by atoms with Crippen LogP contribution in [0.2, 0.25) is 0 Å². The molecule has 1 aliphatic heterocycles. The highest BCUT2D eigenvalue weighted by Gasteiger charge is 2.34. The Morgan fingerprint density at radius 2 is 1.71 bits per heavy atom. The summed E-state index contributed by atoms with van der Waals surface area (Å²) in [5.41, 5.74) is 2.37. The summed E-state index contributed by atoms with van der Waals surface area (Å²) < 4.78 is 47.8. The van der Waals surface area contributed by atoms with E-state index >= 15 is 0 Å². The number of amides is 2. The highest BCUT2D eigenvalue weighted by molar-refractivity contribution is 6.63. The monoisotopic (exact) mass is 597 g/mol. The van der Waals surface area contributed by atoms with Crippen molar-refractivity contribution in [3.05, 3.63) is 53.6 Å². The highest BCUT2D eigenvalue weighted by atomic mass is 35.5. The molecule has 0 saturated carbocycles. The lowest BCUT2D eigenvalue weighted by Crippen LogP contribution is -2.36. The van der Waals surface area contributed by atoms with Crippen molar-refractivity contribution >= 4 is 40.1 Å². The highest BCUT2D eigenvalue weighted by Crippen LogP contribution is 2.35. The molecule has 1 aliphatic rings. The van der Waals surface area contributed by atoms with Crippen LogP contribution in [0.4, 0.5) is 18.9 Å². The summed E-state index contributed by atoms with van der Waals surface area (Å²) in [5, 5.41) is 8.41. The standard InChI is InChI=1S/C25H28F3N3O4.C4H7ClO/c1-4-6-22(32)29-19-10-7-16(8-11-19)15-31-23(33)14-17(5-2)24(30-31)18-9-12-20(34-3)21(13-18)35-25(26,27)28;1-2-3-4(5)6/h7-13,17H,4-6,14-15H2,1-3H3,(H,29,32);2-3H2,1H3. The Labute approximate surface area is 242 Å². The van der Waals surface area contributed by atoms with E-state index in [4.69, 9.17) is 16.3 Å². The number of anilines is 1. The van der Waals surface area contributed by atoms with E-state index in [1.807, 2.05) is 20.8 Å². The Hall–Kier alpha value is -3.60. The molecule has 0 saturated heterocycles. The molecule has 0 aromatic heterocycles. The number of hydrogen-bond acceptors (Lipinski definition) is 6. The molecule has 0 spiro atoms. The van der Waals surface area contributed by atoms with Crippen LogP contribution in [0.25, 0.3) is 0 Å². The topological polar surface area (TPSA) is 97.3 Å². The molecule has 1 unspecified atom stereocenters. The van der Waals surface area contributed by atoms with E-state index < -0.39 is 12.1 Å². The summed E-state index contributed by atoms with van der Waals surface area (Å²) in [6.07, 6.45) is -1.58. The number of hydrazone groups is 1. The molecular formula is C29H35ClF3N3O5. The van der Waals surface area contributed by atoms with Crippen molar-refractivity contribution in [2.24, 2.45) is 11.0 Å². The van der Waals surface area contributed by atoms with Gasteiger partial charge in [0.05, 0.1) is 19.4 Å². The van der Waals surface area contributed by atoms with E-state index in [0.717, 1.165) is 18.4 Å². The van der Waals surface area contributed by atoms with E-state index in [2.05, 4.69) is 15.2 Å². The molecule has 12 heteroatoms. The summed E-state index contributed by atoms with van der Waals surface area (Å²) in [4.78, 5) is 34.3. The number of benzene rings is 2. The lowest BCUT2D eigenvalue weighted by Gasteiger charge is -2.29. The largest absolute Gasteiger partial charge is 0.573 e. The molecule has 41 heavy (non-hydrogen) atoms. The normalized spacial score (nSPS) is 14.9. The maximum absolute atomic E-state index is 12.9. The maximum atomic E-state index is 12.9. The number of carbonyl (C=O) groups excluding carboxylic acids is 3. The number of nitrogens with one attached hydrogen (secondary N) is 1. The predicted octanol–water partition coefficient (Wildman–Crippen LogP) is 7.05. The average molecular weight is 598 g/mol. The molecule has 0 fully saturated rings. The number of halogens is 4. The van der Waals surface area contributed by atoms with Gasteiger partial charge in [0.1, 0.15) is 0 Å². The van der Waals surface area contributed by atoms with E-state index in [1.54, 1.807) is 30.3 Å². The number of hydrogen-bond donors (Lipinski definition) is 1. The number of rotatable bonds is 11. The Kier molecular flexibility index (Phi) is 13.1. The van der Waals surface area contributed by atoms with Gasteiger partial charge >= 0.3 is 6.36 Å². The van der Waals surface area contributed by atoms with Crippen LogP contribution in [0.15, 0.2) is 47.6 Å². The van der Waals surface area contributed by atoms with Crippen molar-refractivity contribution in [3.63, 3.8) is 0 Å². The SMILES string of the molecule is CCCC(=O)Cl.CCCC(=O)Nc1ccc(CN2N=C(c3ccc(OC)c(OC(F)(F)F)c3)C(CC)CC2=O)cc1. The minimum Gasteiger partial charge on any atom is -0.493 e. The third-order valence-electron chi connectivity index (χ3n) is 6.00. The van der Waals surface area contributed by atoms with Gasteiger partial charge in [-0.15, -0.1) is 13.2 Å². The Morgan fingerprint density at radius 1 is 1.05 bits per heavy atom. The van der Waals surface area contributed by atoms with Crippen molar-refractivity contribution < 1.29 is 37.0 Å². The molecule has 0 aliphatic carbocycles. The first-order valence-electron chi connectivity index (χ1n) is 13.3. The maximum Gasteiger partial charge on any atom is 0.573 e. The fourth-order valence-corrected chi connectivity index (χ4v) is 4.18. The molecule has 2 aromatic carbocycles. The van der Waals surface area contributed by atoms with Gasteiger partial charge in [-0.1, -0.05) is 32.9 Å². The number of alkyl halides is 3. The van der Waals surface area contributed by atoms with Crippen molar-refractivity contribution in [1.29, 1.82) is 0 Å². The van der Waals surface area contributed by atoms with E-state index in [1.165, 1.54) is 24.3 Å². The lowest BCUT2D eigenvalue weighted by molar-refractivity contribution is -0.275. The van der Waals surface area contributed by atoms with Crippen LogP contribution in [0.3, 0.4) is 0 Å². The van der Waals surface area contributed by atoms with E-state index in [-0.39, 0.29) is 41.7 Å². The van der Waals surface area contributed by atoms with Gasteiger partial charge in [-0.2, -0.15) is 5.10 Å². The van der Waals surface area contributed by atoms with Gasteiger partial charge in [0.15, 0.2) is 11.5 Å². The molecule has 224 valence electrons. The van der Waals surface area contributed by atoms with Crippen LogP contribution in [-0.2, 0) is 20.9 Å². The fraction of sp³-hybridized carbons (Fsp3) is 0.448. The molecule has 1 heterocycles. The van der Waals surface area contributed by atoms with Crippen molar-refractivity contribution in [1.82, 2.24) is 5.01 Å². The van der Waals surface area contributed by atoms with E-state index in [9.17, 15) is 27.6 Å². The van der Waals surface area contributed by atoms with E-state index in [0.29, 0.717) is 36.2 Å². The predicted molar refractivity (Wildman–Crippen MR) is 151 cm³/mol. The zero-order chi connectivity index (χ0) is 30.6. The molecular weight excluding hydrogens is 563 g/mol. The smallest absolute Gasteiger partial charge is 0.493 e. The van der Waals surface area contributed by atoms with Crippen LogP contribution in [0.1, 0.15) is 70.4 Å². The van der Waals surface area contributed by atoms with Crippen LogP contribution in [-0.4, -0.2) is 41.2 Å². The fourth-order valence-electron chi connectivity index (χ4n) is 3.99. The van der Waals surface area contributed by atoms with Gasteiger partial charge in [0.2, 0.25) is 17.1 Å². The van der Waals surface area contributed by atoms with Gasteiger partial charge in [-0.05, 0) is 66.8 Å². The lowest BCUT2D eigenvalue weighted by atomic mass is 9.89. The summed E-state index contributed by atoms with van der Waals surface area (Å²) in [5.74, 6) is -1.03. The second-order valence-electron chi connectivity index (χ2n) is 9.26. The van der Waals surface area contributed by atoms with Crippen LogP contribution in [0.5, 0.6) is 11.5 Å². The van der Waals surface area contributed by atoms with Gasteiger partial charge in [-0.25, -0.2) is 5.01 Å². The average Bonchev–Trinajstić information content (AvgIpc) is 2.90. The molecule has 2 amide bonds. The Morgan fingerprint density at radius 3 is 2.22 bits per heavy atom. The van der Waals surface area contributed by atoms with Crippen molar-refractivity contribution in [3.8, 4) is 11.5 Å². The molecule has 1 atom stereocenters. The second-order valence-corrected chi connectivity index (χ2v) is 9.68. The zero-order valence-corrected chi connectivity index (χ0v) is 24.3. The minimum atomic E-state index is -4.88. The molecule has 0 radical (unpaired) electrons. The van der Waals surface area contributed by atoms with Crippen LogP contribution in [0, 0.1) is 5.92 Å². The molecule has 2 aromatic rings. The zero-order valence-electron chi connectivity index (χ0n) is 23.5. The summed E-state index contributed by atoms with van der Waals surface area (Å²) >= 11 is 4.94. The summed E-state index contributed by atoms with van der Waals surface area (Å²) in [7, 11) is 1.26. The van der Waals surface area contributed by atoms with Crippen molar-refractivity contribution in [2.75, 3.05) is 12.4 Å². The third-order valence-corrected chi connectivity index (χ3v) is 6.18. The number of ether oxygens (including phenoxy) is 2. The Bertz CT molecular complexity index is 1220. The number of nitrogens with zero attached hydrogens (tertiary/aromatic N) is 2. The second kappa shape index (κ2) is 16.0. The van der Waals surface area contributed by atoms with Gasteiger partial charge in [-0.3, -0.25) is 14.4 Å². The third kappa shape index (κ3) is 11.1. The quantitative estimate of drug-likeness (QED) is 0.280. The molecule has 0 bridgehead atoms. The van der Waals surface area contributed by atoms with Gasteiger partial charge < -0.3 is 14.8 Å². The molecule has 8 nitrogen and oxygen atoms in total. The van der Waals surface area contributed by atoms with Gasteiger partial charge in [0, 0.05) is 36.4 Å². The van der Waals surface area contributed by atoms with Crippen LogP contribution < -0.4 is 14.8 Å². The first-order chi connectivity index (χ1) is 19.4. The summed E-state index contributed by atoms with van der Waals surface area (Å²) in [6, 6.07) is 11.3. The first kappa shape index (κ1) is 33.6. The Balaban J connectivity index is 0.000000883. The number of carbonyl (C=O) groups is 3. The molecule has 1 N–H and O–H groups in total. The minimum absolute atomic E-state index is 0.0606. The summed E-state index contributed by atoms with van der Waals surface area (Å²) in [6.45, 7) is 5.92. The first-order valence-corrected chi connectivity index (χ1v) is 13.7. The van der Waals surface area contributed by atoms with Gasteiger partial charge in [0.25, 0.3) is 0 Å².